The number of furan rings is 1. The summed E-state index contributed by atoms with van der Waals surface area (Å²) in [5, 5.41) is 8.41. The van der Waals surface area contributed by atoms with Crippen LogP contribution < -0.4 is 0 Å². The molecule has 4 nitrogen and oxygen atoms in total. The topological polar surface area (TPSA) is 27.9 Å². The largest absolute Gasteiger partial charge is 0.439 e. The Bertz CT molecular complexity index is 3750. The molecule has 4 heterocycles. The predicted molar refractivity (Wildman–Crippen MR) is 250 cm³/mol. The summed E-state index contributed by atoms with van der Waals surface area (Å²) >= 11 is 0. The fourth-order valence-electron chi connectivity index (χ4n) is 9.83. The molecular formula is C56H35N3O. The summed E-state index contributed by atoms with van der Waals surface area (Å²) in [4.78, 5) is 0. The Morgan fingerprint density at radius 3 is 1.57 bits per heavy atom. The SMILES string of the molecule is c1ccc(-c2ccc3c(c2)c2cc(-n4c5ccccc5c5ccccc54)ccc2n3-c2ccc(-c3cccc4c3c3c5ccccc5oc3n4-c3ccccc3)cc2)cc1. The van der Waals surface area contributed by atoms with E-state index in [2.05, 4.69) is 220 Å². The molecule has 4 aromatic heterocycles. The Kier molecular flexibility index (Phi) is 6.98. The zero-order chi connectivity index (χ0) is 39.3. The highest BCUT2D eigenvalue weighted by molar-refractivity contribution is 6.24. The predicted octanol–water partition coefficient (Wildman–Crippen LogP) is 15.1. The molecule has 60 heavy (non-hydrogen) atoms. The third-order valence-electron chi connectivity index (χ3n) is 12.5. The molecule has 0 saturated heterocycles. The second-order valence-corrected chi connectivity index (χ2v) is 15.7. The molecule has 0 saturated carbocycles. The van der Waals surface area contributed by atoms with Gasteiger partial charge in [-0.1, -0.05) is 133 Å². The van der Waals surface area contributed by atoms with Crippen molar-refractivity contribution in [2.75, 3.05) is 0 Å². The molecule has 0 spiro atoms. The minimum Gasteiger partial charge on any atom is -0.439 e. The number of benzene rings is 9. The molecule has 280 valence electrons. The van der Waals surface area contributed by atoms with E-state index in [9.17, 15) is 0 Å². The monoisotopic (exact) mass is 765 g/mol. The van der Waals surface area contributed by atoms with Crippen molar-refractivity contribution in [3.05, 3.63) is 212 Å². The van der Waals surface area contributed by atoms with Crippen molar-refractivity contribution in [3.63, 3.8) is 0 Å². The first-order valence-corrected chi connectivity index (χ1v) is 20.5. The maximum Gasteiger partial charge on any atom is 0.213 e. The van der Waals surface area contributed by atoms with E-state index in [4.69, 9.17) is 4.42 Å². The van der Waals surface area contributed by atoms with Gasteiger partial charge in [-0.2, -0.15) is 0 Å². The summed E-state index contributed by atoms with van der Waals surface area (Å²) in [7, 11) is 0. The molecule has 0 amide bonds. The second-order valence-electron chi connectivity index (χ2n) is 15.7. The summed E-state index contributed by atoms with van der Waals surface area (Å²) in [5.74, 6) is 0. The van der Waals surface area contributed by atoms with Crippen molar-refractivity contribution in [3.8, 4) is 39.3 Å². The van der Waals surface area contributed by atoms with E-state index < -0.39 is 0 Å². The summed E-state index contributed by atoms with van der Waals surface area (Å²) in [6.45, 7) is 0. The number of hydrogen-bond donors (Lipinski definition) is 0. The molecule has 13 rings (SSSR count). The molecule has 9 aromatic carbocycles. The molecule has 0 bridgehead atoms. The summed E-state index contributed by atoms with van der Waals surface area (Å²) < 4.78 is 13.7. The second kappa shape index (κ2) is 12.7. The lowest BCUT2D eigenvalue weighted by Crippen LogP contribution is -1.96. The molecule has 13 aromatic rings. The van der Waals surface area contributed by atoms with Crippen molar-refractivity contribution in [1.82, 2.24) is 13.7 Å². The van der Waals surface area contributed by atoms with Gasteiger partial charge in [0, 0.05) is 49.4 Å². The molecule has 0 fully saturated rings. The molecule has 0 atom stereocenters. The van der Waals surface area contributed by atoms with Gasteiger partial charge < -0.3 is 13.6 Å². The van der Waals surface area contributed by atoms with Gasteiger partial charge in [-0.15, -0.1) is 0 Å². The van der Waals surface area contributed by atoms with Gasteiger partial charge in [-0.25, -0.2) is 0 Å². The molecule has 0 unspecified atom stereocenters. The molecular weight excluding hydrogens is 731 g/mol. The van der Waals surface area contributed by atoms with Gasteiger partial charge in [0.05, 0.1) is 33.0 Å². The van der Waals surface area contributed by atoms with Crippen LogP contribution >= 0.6 is 0 Å². The van der Waals surface area contributed by atoms with Crippen molar-refractivity contribution in [1.29, 1.82) is 0 Å². The van der Waals surface area contributed by atoms with Gasteiger partial charge in [-0.3, -0.25) is 4.57 Å². The summed E-state index contributed by atoms with van der Waals surface area (Å²) in [6.07, 6.45) is 0. The van der Waals surface area contributed by atoms with Gasteiger partial charge >= 0.3 is 0 Å². The van der Waals surface area contributed by atoms with Crippen LogP contribution in [-0.4, -0.2) is 13.7 Å². The Morgan fingerprint density at radius 2 is 0.817 bits per heavy atom. The third kappa shape index (κ3) is 4.73. The number of rotatable bonds is 5. The van der Waals surface area contributed by atoms with Gasteiger partial charge in [0.2, 0.25) is 5.71 Å². The van der Waals surface area contributed by atoms with Gasteiger partial charge in [0.1, 0.15) is 5.58 Å². The first-order chi connectivity index (χ1) is 29.8. The first kappa shape index (κ1) is 32.9. The number of nitrogens with zero attached hydrogens (tertiary/aromatic N) is 3. The lowest BCUT2D eigenvalue weighted by Gasteiger charge is -2.12. The maximum atomic E-state index is 6.63. The van der Waals surface area contributed by atoms with Crippen LogP contribution in [0.3, 0.4) is 0 Å². The van der Waals surface area contributed by atoms with E-state index in [0.717, 1.165) is 50.2 Å². The fourth-order valence-corrected chi connectivity index (χ4v) is 9.83. The highest BCUT2D eigenvalue weighted by Gasteiger charge is 2.23. The van der Waals surface area contributed by atoms with E-state index in [1.807, 2.05) is 6.07 Å². The van der Waals surface area contributed by atoms with Gasteiger partial charge in [0.15, 0.2) is 0 Å². The normalized spacial score (nSPS) is 12.0. The molecule has 0 N–H and O–H groups in total. The van der Waals surface area contributed by atoms with E-state index in [0.29, 0.717) is 0 Å². The van der Waals surface area contributed by atoms with Crippen LogP contribution in [0.2, 0.25) is 0 Å². The van der Waals surface area contributed by atoms with Crippen LogP contribution in [0.5, 0.6) is 0 Å². The van der Waals surface area contributed by atoms with Crippen LogP contribution in [0.15, 0.2) is 217 Å². The zero-order valence-electron chi connectivity index (χ0n) is 32.5. The lowest BCUT2D eigenvalue weighted by atomic mass is 9.99. The molecule has 0 aliphatic carbocycles. The van der Waals surface area contributed by atoms with Crippen molar-refractivity contribution in [2.45, 2.75) is 0 Å². The smallest absolute Gasteiger partial charge is 0.213 e. The Balaban J connectivity index is 1.02. The van der Waals surface area contributed by atoms with Crippen molar-refractivity contribution < 1.29 is 4.42 Å². The van der Waals surface area contributed by atoms with Crippen molar-refractivity contribution >= 4 is 76.6 Å². The molecule has 0 aliphatic rings. The molecule has 4 heteroatoms. The van der Waals surface area contributed by atoms with E-state index in [1.165, 1.54) is 65.7 Å². The minimum absolute atomic E-state index is 0.863. The summed E-state index contributed by atoms with van der Waals surface area (Å²) in [5.41, 5.74) is 15.7. The average molecular weight is 766 g/mol. The van der Waals surface area contributed by atoms with E-state index >= 15 is 0 Å². The highest BCUT2D eigenvalue weighted by atomic mass is 16.3. The Hall–Kier alpha value is -8.08. The number of para-hydroxylation sites is 4. The van der Waals surface area contributed by atoms with E-state index in [1.54, 1.807) is 0 Å². The lowest BCUT2D eigenvalue weighted by molar-refractivity contribution is 0.645. The van der Waals surface area contributed by atoms with Gasteiger partial charge in [0.25, 0.3) is 0 Å². The van der Waals surface area contributed by atoms with Crippen LogP contribution in [0.4, 0.5) is 0 Å². The number of fused-ring (bicyclic) bond motifs is 11. The third-order valence-corrected chi connectivity index (χ3v) is 12.5. The number of hydrogen-bond acceptors (Lipinski definition) is 1. The van der Waals surface area contributed by atoms with Crippen LogP contribution in [-0.2, 0) is 0 Å². The fraction of sp³-hybridized carbons (Fsp3) is 0. The Labute approximate surface area is 345 Å². The Morgan fingerprint density at radius 1 is 0.283 bits per heavy atom. The van der Waals surface area contributed by atoms with E-state index in [-0.39, 0.29) is 0 Å². The first-order valence-electron chi connectivity index (χ1n) is 20.5. The quantitative estimate of drug-likeness (QED) is 0.171. The molecule has 0 radical (unpaired) electrons. The summed E-state index contributed by atoms with van der Waals surface area (Å²) in [6, 6.07) is 76.7. The van der Waals surface area contributed by atoms with Crippen molar-refractivity contribution in [2.24, 2.45) is 0 Å². The van der Waals surface area contributed by atoms with Gasteiger partial charge in [-0.05, 0) is 101 Å². The standard InChI is InChI=1S/C56H35N3O/c1-3-14-36(15-4-1)38-28-32-50-46(34-38)47-35-41(58-48-22-10-7-18-43(48)44-19-8-11-23-49(44)58)31-33-51(47)57(50)40-29-26-37(27-30-40)42-21-13-24-52-54(42)55-45-20-9-12-25-53(45)60-56(55)59(52)39-16-5-2-6-17-39/h1-35H. The van der Waals surface area contributed by atoms with Crippen LogP contribution in [0.25, 0.3) is 116 Å². The van der Waals surface area contributed by atoms with Crippen LogP contribution in [0, 0.1) is 0 Å². The zero-order valence-corrected chi connectivity index (χ0v) is 32.5. The van der Waals surface area contributed by atoms with Crippen LogP contribution in [0.1, 0.15) is 0 Å². The highest BCUT2D eigenvalue weighted by Crippen LogP contribution is 2.44. The number of aromatic nitrogens is 3. The minimum atomic E-state index is 0.863. The molecule has 0 aliphatic heterocycles. The maximum absolute atomic E-state index is 6.63. The average Bonchev–Trinajstić information content (AvgIpc) is 4.05.